The van der Waals surface area contributed by atoms with E-state index in [4.69, 9.17) is 9.47 Å². The summed E-state index contributed by atoms with van der Waals surface area (Å²) in [6.07, 6.45) is -0.489. The van der Waals surface area contributed by atoms with Gasteiger partial charge in [0.1, 0.15) is 13.2 Å². The highest BCUT2D eigenvalue weighted by Gasteiger charge is 2.04. The quantitative estimate of drug-likeness (QED) is 0.540. The van der Waals surface area contributed by atoms with Gasteiger partial charge < -0.3 is 20.1 Å². The van der Waals surface area contributed by atoms with Gasteiger partial charge in [-0.2, -0.15) is 0 Å². The van der Waals surface area contributed by atoms with Gasteiger partial charge in [0.2, 0.25) is 0 Å². The van der Waals surface area contributed by atoms with Gasteiger partial charge in [-0.15, -0.1) is 0 Å². The molecule has 25 heavy (non-hydrogen) atoms. The zero-order valence-electron chi connectivity index (χ0n) is 13.9. The molecular formula is C19H22N2O4. The Morgan fingerprint density at radius 1 is 0.760 bits per heavy atom. The van der Waals surface area contributed by atoms with E-state index in [2.05, 4.69) is 10.6 Å². The lowest BCUT2D eigenvalue weighted by molar-refractivity contribution is -0.143. The standard InChI is InChI=1S/C19H22N2O4/c22-18(24-14-16-7-3-1-4-8-16)13-20-11-12-21-19(23)25-15-17-9-5-2-6-10-17/h1-10,20H,11-15H2,(H,21,23). The van der Waals surface area contributed by atoms with Gasteiger partial charge in [-0.05, 0) is 11.1 Å². The van der Waals surface area contributed by atoms with Crippen molar-refractivity contribution in [3.63, 3.8) is 0 Å². The molecule has 0 spiro atoms. The average molecular weight is 342 g/mol. The number of ether oxygens (including phenoxy) is 2. The summed E-state index contributed by atoms with van der Waals surface area (Å²) in [7, 11) is 0. The van der Waals surface area contributed by atoms with Crippen LogP contribution in [0, 0.1) is 0 Å². The zero-order chi connectivity index (χ0) is 17.7. The second kappa shape index (κ2) is 10.8. The molecule has 2 rings (SSSR count). The van der Waals surface area contributed by atoms with Crippen molar-refractivity contribution in [2.24, 2.45) is 0 Å². The molecule has 2 aromatic rings. The van der Waals surface area contributed by atoms with Crippen molar-refractivity contribution in [3.8, 4) is 0 Å². The Bertz CT molecular complexity index is 589. The van der Waals surface area contributed by atoms with E-state index in [-0.39, 0.29) is 25.7 Å². The van der Waals surface area contributed by atoms with Gasteiger partial charge in [-0.1, -0.05) is 60.7 Å². The minimum absolute atomic E-state index is 0.0908. The van der Waals surface area contributed by atoms with Crippen LogP contribution in [0.15, 0.2) is 60.7 Å². The molecule has 0 aromatic heterocycles. The van der Waals surface area contributed by atoms with Gasteiger partial charge in [0.05, 0.1) is 6.54 Å². The maximum absolute atomic E-state index is 11.6. The van der Waals surface area contributed by atoms with Crippen LogP contribution in [0.1, 0.15) is 11.1 Å². The number of rotatable bonds is 9. The molecule has 0 fully saturated rings. The molecule has 0 aliphatic rings. The van der Waals surface area contributed by atoms with Crippen LogP contribution in [0.25, 0.3) is 0 Å². The number of amides is 1. The maximum atomic E-state index is 11.6. The molecule has 6 nitrogen and oxygen atoms in total. The number of alkyl carbamates (subject to hydrolysis) is 1. The molecule has 0 heterocycles. The second-order valence-electron chi connectivity index (χ2n) is 5.31. The van der Waals surface area contributed by atoms with Crippen LogP contribution >= 0.6 is 0 Å². The van der Waals surface area contributed by atoms with Crippen LogP contribution in [0.3, 0.4) is 0 Å². The molecule has 6 heteroatoms. The van der Waals surface area contributed by atoms with Crippen molar-refractivity contribution in [3.05, 3.63) is 71.8 Å². The first-order valence-electron chi connectivity index (χ1n) is 8.09. The Morgan fingerprint density at radius 2 is 1.32 bits per heavy atom. The van der Waals surface area contributed by atoms with Crippen molar-refractivity contribution in [1.82, 2.24) is 10.6 Å². The van der Waals surface area contributed by atoms with Crippen LogP contribution in [0.4, 0.5) is 4.79 Å². The number of esters is 1. The molecule has 2 N–H and O–H groups in total. The van der Waals surface area contributed by atoms with Gasteiger partial charge in [0, 0.05) is 13.1 Å². The second-order valence-corrected chi connectivity index (χ2v) is 5.31. The predicted molar refractivity (Wildman–Crippen MR) is 93.7 cm³/mol. The van der Waals surface area contributed by atoms with Crippen LogP contribution in [0.2, 0.25) is 0 Å². The fourth-order valence-corrected chi connectivity index (χ4v) is 2.01. The third kappa shape index (κ3) is 7.99. The highest BCUT2D eigenvalue weighted by molar-refractivity contribution is 5.71. The molecule has 1 amide bonds. The van der Waals surface area contributed by atoms with Crippen molar-refractivity contribution in [2.75, 3.05) is 19.6 Å². The lowest BCUT2D eigenvalue weighted by atomic mass is 10.2. The number of hydrogen-bond acceptors (Lipinski definition) is 5. The van der Waals surface area contributed by atoms with E-state index < -0.39 is 6.09 Å². The van der Waals surface area contributed by atoms with Crippen LogP contribution in [0.5, 0.6) is 0 Å². The summed E-state index contributed by atoms with van der Waals surface area (Å²) in [6, 6.07) is 18.9. The van der Waals surface area contributed by atoms with Crippen molar-refractivity contribution in [1.29, 1.82) is 0 Å². The third-order valence-electron chi connectivity index (χ3n) is 3.30. The molecule has 0 bridgehead atoms. The lowest BCUT2D eigenvalue weighted by Gasteiger charge is -2.08. The SMILES string of the molecule is O=C(CNCCNC(=O)OCc1ccccc1)OCc1ccccc1. The number of benzene rings is 2. The van der Waals surface area contributed by atoms with Crippen molar-refractivity contribution < 1.29 is 19.1 Å². The van der Waals surface area contributed by atoms with E-state index in [0.29, 0.717) is 13.1 Å². The highest BCUT2D eigenvalue weighted by atomic mass is 16.5. The summed E-state index contributed by atoms with van der Waals surface area (Å²) in [5.41, 5.74) is 1.87. The molecule has 0 saturated heterocycles. The minimum atomic E-state index is -0.489. The first kappa shape index (κ1) is 18.5. The summed E-state index contributed by atoms with van der Waals surface area (Å²) in [5.74, 6) is -0.337. The van der Waals surface area contributed by atoms with Gasteiger partial charge in [-0.3, -0.25) is 4.79 Å². The van der Waals surface area contributed by atoms with E-state index in [1.807, 2.05) is 60.7 Å². The highest BCUT2D eigenvalue weighted by Crippen LogP contribution is 2.01. The smallest absolute Gasteiger partial charge is 0.407 e. The molecule has 0 saturated carbocycles. The Kier molecular flexibility index (Phi) is 8.00. The summed E-state index contributed by atoms with van der Waals surface area (Å²) in [6.45, 7) is 1.38. The van der Waals surface area contributed by atoms with E-state index >= 15 is 0 Å². The van der Waals surface area contributed by atoms with Gasteiger partial charge in [0.15, 0.2) is 0 Å². The van der Waals surface area contributed by atoms with Crippen LogP contribution < -0.4 is 10.6 Å². The number of nitrogens with one attached hydrogen (secondary N) is 2. The van der Waals surface area contributed by atoms with E-state index in [1.165, 1.54) is 0 Å². The van der Waals surface area contributed by atoms with Gasteiger partial charge in [0.25, 0.3) is 0 Å². The predicted octanol–water partition coefficient (Wildman–Crippen LogP) is 2.25. The first-order valence-corrected chi connectivity index (χ1v) is 8.09. The summed E-state index contributed by atoms with van der Waals surface area (Å²) in [4.78, 5) is 23.1. The molecule has 0 aliphatic carbocycles. The monoisotopic (exact) mass is 342 g/mol. The Balaban J connectivity index is 1.48. The zero-order valence-corrected chi connectivity index (χ0v) is 13.9. The molecular weight excluding hydrogens is 320 g/mol. The van der Waals surface area contributed by atoms with Crippen LogP contribution in [-0.4, -0.2) is 31.7 Å². The number of carbonyl (C=O) groups excluding carboxylic acids is 2. The van der Waals surface area contributed by atoms with E-state index in [9.17, 15) is 9.59 Å². The molecule has 2 aromatic carbocycles. The van der Waals surface area contributed by atoms with Crippen molar-refractivity contribution >= 4 is 12.1 Å². The fourth-order valence-electron chi connectivity index (χ4n) is 2.01. The summed E-state index contributed by atoms with van der Waals surface area (Å²) in [5, 5.41) is 5.51. The molecule has 0 radical (unpaired) electrons. The topological polar surface area (TPSA) is 76.7 Å². The number of carbonyl (C=O) groups is 2. The van der Waals surface area contributed by atoms with E-state index in [1.54, 1.807) is 0 Å². The van der Waals surface area contributed by atoms with Gasteiger partial charge in [-0.25, -0.2) is 4.79 Å². The molecule has 132 valence electrons. The Hall–Kier alpha value is -2.86. The maximum Gasteiger partial charge on any atom is 0.407 e. The summed E-state index contributed by atoms with van der Waals surface area (Å²) < 4.78 is 10.2. The number of hydrogen-bond donors (Lipinski definition) is 2. The first-order chi connectivity index (χ1) is 12.2. The van der Waals surface area contributed by atoms with E-state index in [0.717, 1.165) is 11.1 Å². The molecule has 0 unspecified atom stereocenters. The lowest BCUT2D eigenvalue weighted by Crippen LogP contribution is -2.34. The minimum Gasteiger partial charge on any atom is -0.460 e. The Labute approximate surface area is 147 Å². The van der Waals surface area contributed by atoms with Gasteiger partial charge >= 0.3 is 12.1 Å². The molecule has 0 aliphatic heterocycles. The molecule has 0 atom stereocenters. The van der Waals surface area contributed by atoms with Crippen molar-refractivity contribution in [2.45, 2.75) is 13.2 Å². The Morgan fingerprint density at radius 3 is 1.92 bits per heavy atom. The summed E-state index contributed by atoms with van der Waals surface area (Å²) >= 11 is 0. The fraction of sp³-hybridized carbons (Fsp3) is 0.263. The average Bonchev–Trinajstić information content (AvgIpc) is 2.66. The van der Waals surface area contributed by atoms with Crippen LogP contribution in [-0.2, 0) is 27.5 Å². The third-order valence-corrected chi connectivity index (χ3v) is 3.30. The normalized spacial score (nSPS) is 10.1. The largest absolute Gasteiger partial charge is 0.460 e.